The Kier molecular flexibility index (Phi) is 8.29. The Labute approximate surface area is 234 Å². The summed E-state index contributed by atoms with van der Waals surface area (Å²) in [4.78, 5) is 9.76. The normalized spacial score (nSPS) is 13.9. The number of benzene rings is 3. The van der Waals surface area contributed by atoms with Crippen LogP contribution in [-0.2, 0) is 13.0 Å². The number of ether oxygens (including phenoxy) is 4. The number of piperazine rings is 1. The van der Waals surface area contributed by atoms with E-state index in [1.54, 1.807) is 28.4 Å². The smallest absolute Gasteiger partial charge is 0.161 e. The molecular weight excluding hydrogens is 514 g/mol. The molecule has 0 unspecified atom stereocenters. The standard InChI is InChI=1S/C31H34ClN3O4/c1-36-28-10-9-21(16-29(28)37-2)15-22-19-33-26(24-18-31(39-4)30(38-3)17-23(22)24)20-34-11-13-35(14-12-34)27-8-6-5-7-25(27)32/h5-10,16-19H,11-15,20H2,1-4H3. The van der Waals surface area contributed by atoms with Gasteiger partial charge in [-0.1, -0.05) is 29.8 Å². The number of hydrogen-bond donors (Lipinski definition) is 0. The van der Waals surface area contributed by atoms with Gasteiger partial charge in [0, 0.05) is 44.3 Å². The quantitative estimate of drug-likeness (QED) is 0.261. The maximum atomic E-state index is 6.45. The van der Waals surface area contributed by atoms with Crippen LogP contribution in [0.5, 0.6) is 23.0 Å². The van der Waals surface area contributed by atoms with Gasteiger partial charge in [0.05, 0.1) is 44.8 Å². The van der Waals surface area contributed by atoms with Crippen molar-refractivity contribution in [3.8, 4) is 23.0 Å². The fourth-order valence-electron chi connectivity index (χ4n) is 5.22. The predicted molar refractivity (Wildman–Crippen MR) is 156 cm³/mol. The topological polar surface area (TPSA) is 56.3 Å². The summed E-state index contributed by atoms with van der Waals surface area (Å²) in [7, 11) is 6.62. The van der Waals surface area contributed by atoms with E-state index in [-0.39, 0.29) is 0 Å². The summed E-state index contributed by atoms with van der Waals surface area (Å²) >= 11 is 6.45. The van der Waals surface area contributed by atoms with Crippen LogP contribution >= 0.6 is 11.6 Å². The molecule has 1 saturated heterocycles. The summed E-state index contributed by atoms with van der Waals surface area (Å²) in [5.41, 5.74) is 4.33. The van der Waals surface area contributed by atoms with Crippen LogP contribution in [0.15, 0.2) is 60.8 Å². The zero-order chi connectivity index (χ0) is 27.4. The lowest BCUT2D eigenvalue weighted by Crippen LogP contribution is -2.46. The van der Waals surface area contributed by atoms with Crippen LogP contribution in [-0.4, -0.2) is 64.5 Å². The van der Waals surface area contributed by atoms with E-state index in [9.17, 15) is 0 Å². The second kappa shape index (κ2) is 12.0. The van der Waals surface area contributed by atoms with Gasteiger partial charge >= 0.3 is 0 Å². The zero-order valence-electron chi connectivity index (χ0n) is 22.9. The van der Waals surface area contributed by atoms with E-state index in [0.717, 1.165) is 71.0 Å². The van der Waals surface area contributed by atoms with Crippen LogP contribution in [0.3, 0.4) is 0 Å². The molecule has 5 rings (SSSR count). The molecule has 8 heteroatoms. The molecule has 0 bridgehead atoms. The molecule has 2 heterocycles. The highest BCUT2D eigenvalue weighted by Gasteiger charge is 2.21. The molecule has 0 atom stereocenters. The van der Waals surface area contributed by atoms with Crippen molar-refractivity contribution in [3.63, 3.8) is 0 Å². The monoisotopic (exact) mass is 547 g/mol. The molecule has 1 aliphatic rings. The number of methoxy groups -OCH3 is 4. The fourth-order valence-corrected chi connectivity index (χ4v) is 5.48. The number of nitrogens with zero attached hydrogens (tertiary/aromatic N) is 3. The first-order valence-corrected chi connectivity index (χ1v) is 13.4. The molecular formula is C31H34ClN3O4. The van der Waals surface area contributed by atoms with Crippen LogP contribution in [0.2, 0.25) is 5.02 Å². The van der Waals surface area contributed by atoms with Crippen molar-refractivity contribution in [1.29, 1.82) is 0 Å². The summed E-state index contributed by atoms with van der Waals surface area (Å²) in [5.74, 6) is 2.81. The highest BCUT2D eigenvalue weighted by Crippen LogP contribution is 2.37. The number of aromatic nitrogens is 1. The SMILES string of the molecule is COc1ccc(Cc2cnc(CN3CCN(c4ccccc4Cl)CC3)c3cc(OC)c(OC)cc23)cc1OC. The maximum absolute atomic E-state index is 6.45. The van der Waals surface area contributed by atoms with Crippen LogP contribution < -0.4 is 23.8 Å². The van der Waals surface area contributed by atoms with Crippen LogP contribution in [0, 0.1) is 0 Å². The molecule has 4 aromatic rings. The Morgan fingerprint density at radius 2 is 1.38 bits per heavy atom. The van der Waals surface area contributed by atoms with E-state index in [1.165, 1.54) is 0 Å². The van der Waals surface area contributed by atoms with Crippen molar-refractivity contribution in [2.45, 2.75) is 13.0 Å². The first-order valence-electron chi connectivity index (χ1n) is 13.0. The molecule has 0 aliphatic carbocycles. The van der Waals surface area contributed by atoms with E-state index >= 15 is 0 Å². The Balaban J connectivity index is 1.43. The van der Waals surface area contributed by atoms with Gasteiger partial charge in [-0.2, -0.15) is 0 Å². The highest BCUT2D eigenvalue weighted by molar-refractivity contribution is 6.33. The molecule has 39 heavy (non-hydrogen) atoms. The predicted octanol–water partition coefficient (Wildman–Crippen LogP) is 5.84. The first kappa shape index (κ1) is 26.9. The molecule has 1 aromatic heterocycles. The molecule has 0 N–H and O–H groups in total. The molecule has 7 nitrogen and oxygen atoms in total. The zero-order valence-corrected chi connectivity index (χ0v) is 23.6. The van der Waals surface area contributed by atoms with Gasteiger partial charge in [0.2, 0.25) is 0 Å². The summed E-state index contributed by atoms with van der Waals surface area (Å²) in [6.45, 7) is 4.43. The van der Waals surface area contributed by atoms with Crippen LogP contribution in [0.1, 0.15) is 16.8 Å². The third-order valence-corrected chi connectivity index (χ3v) is 7.66. The number of fused-ring (bicyclic) bond motifs is 1. The van der Waals surface area contributed by atoms with Gasteiger partial charge in [-0.3, -0.25) is 9.88 Å². The Hall–Kier alpha value is -3.68. The van der Waals surface area contributed by atoms with E-state index in [1.807, 2.05) is 36.5 Å². The van der Waals surface area contributed by atoms with Crippen molar-refractivity contribution in [2.75, 3.05) is 59.5 Å². The average Bonchev–Trinajstić information content (AvgIpc) is 2.98. The Morgan fingerprint density at radius 1 is 0.744 bits per heavy atom. The van der Waals surface area contributed by atoms with Gasteiger partial charge in [-0.15, -0.1) is 0 Å². The number of rotatable bonds is 9. The average molecular weight is 548 g/mol. The van der Waals surface area contributed by atoms with Gasteiger partial charge in [0.1, 0.15) is 0 Å². The lowest BCUT2D eigenvalue weighted by atomic mass is 9.98. The van der Waals surface area contributed by atoms with Gasteiger partial charge in [0.25, 0.3) is 0 Å². The molecule has 0 radical (unpaired) electrons. The Bertz CT molecular complexity index is 1450. The molecule has 1 aliphatic heterocycles. The largest absolute Gasteiger partial charge is 0.493 e. The number of halogens is 1. The number of pyridine rings is 1. The summed E-state index contributed by atoms with van der Waals surface area (Å²) in [5, 5.41) is 2.96. The van der Waals surface area contributed by atoms with Gasteiger partial charge in [-0.25, -0.2) is 0 Å². The summed E-state index contributed by atoms with van der Waals surface area (Å²) in [6.07, 6.45) is 2.68. The van der Waals surface area contributed by atoms with Crippen molar-refractivity contribution < 1.29 is 18.9 Å². The highest BCUT2D eigenvalue weighted by atomic mass is 35.5. The molecule has 1 fully saturated rings. The second-order valence-electron chi connectivity index (χ2n) is 9.56. The Morgan fingerprint density at radius 3 is 2.05 bits per heavy atom. The van der Waals surface area contributed by atoms with E-state index < -0.39 is 0 Å². The van der Waals surface area contributed by atoms with Gasteiger partial charge in [-0.05, 0) is 59.3 Å². The molecule has 3 aromatic carbocycles. The van der Waals surface area contributed by atoms with Crippen molar-refractivity contribution in [2.24, 2.45) is 0 Å². The number of para-hydroxylation sites is 1. The number of hydrogen-bond acceptors (Lipinski definition) is 7. The summed E-state index contributed by atoms with van der Waals surface area (Å²) in [6, 6.07) is 18.2. The van der Waals surface area contributed by atoms with Crippen LogP contribution in [0.25, 0.3) is 10.8 Å². The van der Waals surface area contributed by atoms with Crippen LogP contribution in [0.4, 0.5) is 5.69 Å². The lowest BCUT2D eigenvalue weighted by molar-refractivity contribution is 0.248. The van der Waals surface area contributed by atoms with E-state index in [0.29, 0.717) is 29.4 Å². The van der Waals surface area contributed by atoms with Crippen molar-refractivity contribution >= 4 is 28.1 Å². The molecule has 0 spiro atoms. The number of anilines is 1. The third-order valence-electron chi connectivity index (χ3n) is 7.34. The molecule has 204 valence electrons. The van der Waals surface area contributed by atoms with Crippen molar-refractivity contribution in [1.82, 2.24) is 9.88 Å². The molecule has 0 amide bonds. The van der Waals surface area contributed by atoms with Gasteiger partial charge < -0.3 is 23.8 Å². The van der Waals surface area contributed by atoms with E-state index in [2.05, 4.69) is 34.1 Å². The summed E-state index contributed by atoms with van der Waals surface area (Å²) < 4.78 is 22.3. The minimum atomic E-state index is 0.691. The van der Waals surface area contributed by atoms with E-state index in [4.69, 9.17) is 35.5 Å². The first-order chi connectivity index (χ1) is 19.0. The minimum absolute atomic E-state index is 0.691. The third kappa shape index (κ3) is 5.70. The van der Waals surface area contributed by atoms with Crippen molar-refractivity contribution in [3.05, 3.63) is 82.6 Å². The molecule has 0 saturated carbocycles. The lowest BCUT2D eigenvalue weighted by Gasteiger charge is -2.36. The fraction of sp³-hybridized carbons (Fsp3) is 0.323. The second-order valence-corrected chi connectivity index (χ2v) is 9.97. The van der Waals surface area contributed by atoms with Gasteiger partial charge in [0.15, 0.2) is 23.0 Å². The maximum Gasteiger partial charge on any atom is 0.161 e. The minimum Gasteiger partial charge on any atom is -0.493 e.